The molecule has 0 bridgehead atoms. The van der Waals surface area contributed by atoms with Gasteiger partial charge in [0, 0.05) is 31.9 Å². The molecule has 4 rings (SSSR count). The molecule has 146 valence electrons. The average molecular weight is 375 g/mol. The number of hydrogen-bond donors (Lipinski definition) is 0. The van der Waals surface area contributed by atoms with E-state index >= 15 is 0 Å². The lowest BCUT2D eigenvalue weighted by Crippen LogP contribution is -2.46. The van der Waals surface area contributed by atoms with Crippen molar-refractivity contribution in [3.63, 3.8) is 0 Å². The van der Waals surface area contributed by atoms with Crippen molar-refractivity contribution in [1.29, 1.82) is 0 Å². The number of methoxy groups -OCH3 is 1. The van der Waals surface area contributed by atoms with E-state index in [0.717, 1.165) is 11.4 Å². The van der Waals surface area contributed by atoms with Gasteiger partial charge >= 0.3 is 0 Å². The number of amides is 2. The van der Waals surface area contributed by atoms with Gasteiger partial charge < -0.3 is 28.9 Å². The lowest BCUT2D eigenvalue weighted by molar-refractivity contribution is -0.138. The number of nitrogens with zero attached hydrogens (tertiary/aromatic N) is 3. The lowest BCUT2D eigenvalue weighted by atomic mass is 10.2. The maximum atomic E-state index is 13.1. The summed E-state index contributed by atoms with van der Waals surface area (Å²) in [5.41, 5.74) is 0.856. The van der Waals surface area contributed by atoms with E-state index in [1.807, 2.05) is 29.2 Å². The highest BCUT2D eigenvalue weighted by molar-refractivity contribution is 6.04. The number of morpholine rings is 2. The van der Waals surface area contributed by atoms with Gasteiger partial charge in [-0.1, -0.05) is 0 Å². The standard InChI is InChI=1S/C19H25N3O5/c1-25-15-4-2-14(3-5-15)22-16(18(23)20-6-10-26-11-7-20)17(22)19(24)21-8-12-27-13-9-21/h2-5,16-17H,6-13H2,1H3/t16-,17+,22?. The minimum Gasteiger partial charge on any atom is -0.497 e. The highest BCUT2D eigenvalue weighted by Gasteiger charge is 2.59. The van der Waals surface area contributed by atoms with E-state index in [-0.39, 0.29) is 11.8 Å². The topological polar surface area (TPSA) is 71.3 Å². The quantitative estimate of drug-likeness (QED) is 0.689. The van der Waals surface area contributed by atoms with Crippen LogP contribution in [0.15, 0.2) is 24.3 Å². The molecule has 0 unspecified atom stereocenters. The van der Waals surface area contributed by atoms with Crippen LogP contribution < -0.4 is 9.64 Å². The SMILES string of the molecule is COc1ccc(N2[C@H](C(=O)N3CCOCC3)[C@@H]2C(=O)N2CCOCC2)cc1. The molecule has 0 aliphatic carbocycles. The molecule has 0 N–H and O–H groups in total. The molecule has 2 atom stereocenters. The highest BCUT2D eigenvalue weighted by Crippen LogP contribution is 2.38. The normalized spacial score (nSPS) is 25.3. The van der Waals surface area contributed by atoms with Crippen molar-refractivity contribution >= 4 is 17.5 Å². The summed E-state index contributed by atoms with van der Waals surface area (Å²) in [4.78, 5) is 31.7. The third-order valence-corrected chi connectivity index (χ3v) is 5.33. The first-order valence-electron chi connectivity index (χ1n) is 9.36. The molecule has 1 aromatic carbocycles. The zero-order valence-electron chi connectivity index (χ0n) is 15.5. The van der Waals surface area contributed by atoms with Gasteiger partial charge in [-0.15, -0.1) is 0 Å². The zero-order chi connectivity index (χ0) is 18.8. The predicted molar refractivity (Wildman–Crippen MR) is 97.8 cm³/mol. The lowest BCUT2D eigenvalue weighted by Gasteiger charge is -2.27. The van der Waals surface area contributed by atoms with Crippen LogP contribution in [0, 0.1) is 0 Å². The fourth-order valence-electron chi connectivity index (χ4n) is 3.76. The van der Waals surface area contributed by atoms with E-state index in [1.54, 1.807) is 16.9 Å². The van der Waals surface area contributed by atoms with Crippen molar-refractivity contribution in [2.45, 2.75) is 12.1 Å². The van der Waals surface area contributed by atoms with Crippen molar-refractivity contribution in [2.24, 2.45) is 0 Å². The summed E-state index contributed by atoms with van der Waals surface area (Å²) < 4.78 is 15.9. The highest BCUT2D eigenvalue weighted by atomic mass is 16.5. The van der Waals surface area contributed by atoms with Crippen LogP contribution in [0.1, 0.15) is 0 Å². The van der Waals surface area contributed by atoms with Crippen LogP contribution in [0.5, 0.6) is 5.75 Å². The Balaban J connectivity index is 1.55. The summed E-state index contributed by atoms with van der Waals surface area (Å²) in [5, 5.41) is 0. The molecule has 3 heterocycles. The Hall–Kier alpha value is -2.32. The van der Waals surface area contributed by atoms with Crippen molar-refractivity contribution in [2.75, 3.05) is 64.6 Å². The van der Waals surface area contributed by atoms with E-state index in [2.05, 4.69) is 0 Å². The molecule has 3 aliphatic rings. The Labute approximate surface area is 158 Å². The molecule has 27 heavy (non-hydrogen) atoms. The molecular formula is C19H25N3O5. The fourth-order valence-corrected chi connectivity index (χ4v) is 3.76. The number of carbonyl (C=O) groups excluding carboxylic acids is 2. The van der Waals surface area contributed by atoms with Gasteiger partial charge in [0.1, 0.15) is 17.8 Å². The molecule has 3 aliphatic heterocycles. The van der Waals surface area contributed by atoms with Crippen LogP contribution in [0.3, 0.4) is 0 Å². The number of anilines is 1. The molecule has 0 spiro atoms. The summed E-state index contributed by atoms with van der Waals surface area (Å²) in [6.07, 6.45) is 0. The summed E-state index contributed by atoms with van der Waals surface area (Å²) in [6.45, 7) is 4.47. The Morgan fingerprint density at radius 1 is 0.852 bits per heavy atom. The molecule has 1 aromatic rings. The Bertz CT molecular complexity index is 647. The third-order valence-electron chi connectivity index (χ3n) is 5.33. The van der Waals surface area contributed by atoms with Gasteiger partial charge in [0.25, 0.3) is 0 Å². The summed E-state index contributed by atoms with van der Waals surface area (Å²) >= 11 is 0. The largest absolute Gasteiger partial charge is 0.497 e. The molecule has 8 nitrogen and oxygen atoms in total. The van der Waals surface area contributed by atoms with Crippen LogP contribution in [0.25, 0.3) is 0 Å². The van der Waals surface area contributed by atoms with E-state index in [9.17, 15) is 9.59 Å². The van der Waals surface area contributed by atoms with Crippen LogP contribution >= 0.6 is 0 Å². The van der Waals surface area contributed by atoms with Gasteiger partial charge in [0.2, 0.25) is 11.8 Å². The summed E-state index contributed by atoms with van der Waals surface area (Å²) in [5.74, 6) is 0.745. The van der Waals surface area contributed by atoms with E-state index in [0.29, 0.717) is 52.6 Å². The van der Waals surface area contributed by atoms with Gasteiger partial charge in [0.15, 0.2) is 0 Å². The molecule has 3 fully saturated rings. The summed E-state index contributed by atoms with van der Waals surface area (Å²) in [7, 11) is 1.61. The average Bonchev–Trinajstić information content (AvgIpc) is 3.49. The Morgan fingerprint density at radius 3 is 1.70 bits per heavy atom. The van der Waals surface area contributed by atoms with Crippen LogP contribution in [-0.4, -0.2) is 93.4 Å². The van der Waals surface area contributed by atoms with Crippen molar-refractivity contribution in [1.82, 2.24) is 9.80 Å². The predicted octanol–water partition coefficient (Wildman–Crippen LogP) is -0.0300. The fraction of sp³-hybridized carbons (Fsp3) is 0.579. The van der Waals surface area contributed by atoms with E-state index in [4.69, 9.17) is 14.2 Å². The van der Waals surface area contributed by atoms with Gasteiger partial charge in [-0.25, -0.2) is 0 Å². The third kappa shape index (κ3) is 3.59. The van der Waals surface area contributed by atoms with Gasteiger partial charge in [-0.3, -0.25) is 9.59 Å². The second kappa shape index (κ2) is 7.74. The molecular weight excluding hydrogens is 350 g/mol. The molecule has 3 saturated heterocycles. The van der Waals surface area contributed by atoms with E-state index < -0.39 is 12.1 Å². The van der Waals surface area contributed by atoms with Gasteiger partial charge in [-0.2, -0.15) is 0 Å². The summed E-state index contributed by atoms with van der Waals surface area (Å²) in [6, 6.07) is 6.58. The number of benzene rings is 1. The maximum absolute atomic E-state index is 13.1. The number of hydrogen-bond acceptors (Lipinski definition) is 6. The van der Waals surface area contributed by atoms with Crippen molar-refractivity contribution in [3.05, 3.63) is 24.3 Å². The van der Waals surface area contributed by atoms with Gasteiger partial charge in [0.05, 0.1) is 33.5 Å². The first-order valence-corrected chi connectivity index (χ1v) is 9.36. The van der Waals surface area contributed by atoms with Crippen LogP contribution in [0.2, 0.25) is 0 Å². The second-order valence-electron chi connectivity index (χ2n) is 6.87. The van der Waals surface area contributed by atoms with Crippen molar-refractivity contribution < 1.29 is 23.8 Å². The molecule has 0 radical (unpaired) electrons. The zero-order valence-corrected chi connectivity index (χ0v) is 15.5. The van der Waals surface area contributed by atoms with E-state index in [1.165, 1.54) is 0 Å². The Kier molecular flexibility index (Phi) is 5.18. The molecule has 2 amide bonds. The number of carbonyl (C=O) groups is 2. The van der Waals surface area contributed by atoms with Crippen LogP contribution in [-0.2, 0) is 19.1 Å². The molecule has 0 aromatic heterocycles. The maximum Gasteiger partial charge on any atom is 0.248 e. The monoisotopic (exact) mass is 375 g/mol. The molecule has 0 saturated carbocycles. The number of ether oxygens (including phenoxy) is 3. The Morgan fingerprint density at radius 2 is 1.30 bits per heavy atom. The second-order valence-corrected chi connectivity index (χ2v) is 6.87. The first-order chi connectivity index (χ1) is 13.2. The van der Waals surface area contributed by atoms with Crippen LogP contribution in [0.4, 0.5) is 5.69 Å². The minimum atomic E-state index is -0.452. The smallest absolute Gasteiger partial charge is 0.248 e. The first kappa shape index (κ1) is 18.1. The number of rotatable bonds is 4. The molecule has 8 heteroatoms. The van der Waals surface area contributed by atoms with Gasteiger partial charge in [-0.05, 0) is 24.3 Å². The van der Waals surface area contributed by atoms with Crippen molar-refractivity contribution in [3.8, 4) is 5.75 Å². The minimum absolute atomic E-state index is 0.000674.